The van der Waals surface area contributed by atoms with Crippen LogP contribution in [0.2, 0.25) is 0 Å². The molecule has 0 heterocycles. The van der Waals surface area contributed by atoms with E-state index in [2.05, 4.69) is 62.4 Å². The Morgan fingerprint density at radius 2 is 1.70 bits per heavy atom. The molecule has 0 bridgehead atoms. The molecule has 2 N–H and O–H groups in total. The zero-order valence-corrected chi connectivity index (χ0v) is 12.6. The average molecular weight is 267 g/mol. The second kappa shape index (κ2) is 7.25. The number of rotatable bonds is 6. The summed E-state index contributed by atoms with van der Waals surface area (Å²) in [7, 11) is 0. The highest BCUT2D eigenvalue weighted by molar-refractivity contribution is 5.68. The van der Waals surface area contributed by atoms with Crippen LogP contribution in [0.25, 0.3) is 11.1 Å². The molecule has 0 aromatic heterocycles. The number of benzene rings is 2. The molecule has 0 saturated heterocycles. The van der Waals surface area contributed by atoms with E-state index in [1.807, 2.05) is 0 Å². The normalized spacial score (nSPS) is 11.0. The van der Waals surface area contributed by atoms with Gasteiger partial charge in [0, 0.05) is 0 Å². The zero-order valence-electron chi connectivity index (χ0n) is 12.6. The van der Waals surface area contributed by atoms with Gasteiger partial charge in [-0.3, -0.25) is 0 Å². The van der Waals surface area contributed by atoms with Crippen LogP contribution in [0.15, 0.2) is 48.5 Å². The van der Waals surface area contributed by atoms with Crippen LogP contribution in [0.4, 0.5) is 0 Å². The van der Waals surface area contributed by atoms with Gasteiger partial charge in [-0.05, 0) is 54.0 Å². The molecule has 0 aliphatic heterocycles. The molecule has 0 amide bonds. The maximum Gasteiger partial charge on any atom is -0.00772 e. The van der Waals surface area contributed by atoms with Crippen LogP contribution in [-0.2, 0) is 6.42 Å². The fraction of sp³-hybridized carbons (Fsp3) is 0.368. The largest absolute Gasteiger partial charge is 0.330 e. The molecule has 0 aliphatic carbocycles. The molecular weight excluding hydrogens is 242 g/mol. The third-order valence-electron chi connectivity index (χ3n) is 3.74. The Hall–Kier alpha value is -1.60. The zero-order chi connectivity index (χ0) is 14.4. The number of aryl methyl sites for hydroxylation is 1. The Kier molecular flexibility index (Phi) is 5.37. The van der Waals surface area contributed by atoms with Crippen LogP contribution in [0, 0.1) is 0 Å². The van der Waals surface area contributed by atoms with Crippen LogP contribution in [0.5, 0.6) is 0 Å². The summed E-state index contributed by atoms with van der Waals surface area (Å²) in [5.41, 5.74) is 11.1. The van der Waals surface area contributed by atoms with Gasteiger partial charge in [0.2, 0.25) is 0 Å². The molecule has 106 valence electrons. The van der Waals surface area contributed by atoms with Gasteiger partial charge in [-0.25, -0.2) is 0 Å². The highest BCUT2D eigenvalue weighted by atomic mass is 14.5. The average Bonchev–Trinajstić information content (AvgIpc) is 2.48. The minimum atomic E-state index is 0.545. The van der Waals surface area contributed by atoms with Gasteiger partial charge in [-0.2, -0.15) is 0 Å². The monoisotopic (exact) mass is 267 g/mol. The summed E-state index contributed by atoms with van der Waals surface area (Å²) in [4.78, 5) is 0. The fourth-order valence-electron chi connectivity index (χ4n) is 2.60. The second-order valence-electron chi connectivity index (χ2n) is 5.69. The summed E-state index contributed by atoms with van der Waals surface area (Å²) in [5, 5.41) is 0. The standard InChI is InChI=1S/C19H25N/c1-15(2)18-12-11-16(8-6-7-13-20)14-19(18)17-9-4-3-5-10-17/h3-5,9-12,14-15H,6-8,13,20H2,1-2H3. The van der Waals surface area contributed by atoms with Crippen LogP contribution < -0.4 is 5.73 Å². The number of nitrogens with two attached hydrogens (primary N) is 1. The van der Waals surface area contributed by atoms with E-state index in [0.717, 1.165) is 19.4 Å². The summed E-state index contributed by atoms with van der Waals surface area (Å²) in [6.07, 6.45) is 3.40. The molecule has 0 aliphatic rings. The van der Waals surface area contributed by atoms with Crippen molar-refractivity contribution in [1.82, 2.24) is 0 Å². The first kappa shape index (κ1) is 14.8. The lowest BCUT2D eigenvalue weighted by Crippen LogP contribution is -2.00. The smallest absolute Gasteiger partial charge is 0.00772 e. The van der Waals surface area contributed by atoms with Crippen LogP contribution in [0.1, 0.15) is 43.7 Å². The Balaban J connectivity index is 2.33. The minimum Gasteiger partial charge on any atom is -0.330 e. The lowest BCUT2D eigenvalue weighted by Gasteiger charge is -2.15. The molecule has 0 unspecified atom stereocenters. The molecule has 2 aromatic rings. The number of hydrogen-bond donors (Lipinski definition) is 1. The first-order chi connectivity index (χ1) is 9.72. The third-order valence-corrected chi connectivity index (χ3v) is 3.74. The summed E-state index contributed by atoms with van der Waals surface area (Å²) in [6.45, 7) is 5.31. The van der Waals surface area contributed by atoms with E-state index in [4.69, 9.17) is 5.73 Å². The first-order valence-electron chi connectivity index (χ1n) is 7.60. The van der Waals surface area contributed by atoms with E-state index in [0.29, 0.717) is 5.92 Å². The molecule has 2 rings (SSSR count). The fourth-order valence-corrected chi connectivity index (χ4v) is 2.60. The topological polar surface area (TPSA) is 26.0 Å². The third kappa shape index (κ3) is 3.71. The molecule has 20 heavy (non-hydrogen) atoms. The van der Waals surface area contributed by atoms with Crippen molar-refractivity contribution >= 4 is 0 Å². The van der Waals surface area contributed by atoms with Crippen LogP contribution in [-0.4, -0.2) is 6.54 Å². The van der Waals surface area contributed by atoms with Gasteiger partial charge in [0.1, 0.15) is 0 Å². The maximum atomic E-state index is 5.58. The van der Waals surface area contributed by atoms with E-state index in [9.17, 15) is 0 Å². The Labute approximate surface area is 122 Å². The van der Waals surface area contributed by atoms with Gasteiger partial charge in [-0.1, -0.05) is 62.4 Å². The molecule has 0 fully saturated rings. The number of hydrogen-bond acceptors (Lipinski definition) is 1. The predicted molar refractivity (Wildman–Crippen MR) is 88.0 cm³/mol. The highest BCUT2D eigenvalue weighted by Gasteiger charge is 2.09. The van der Waals surface area contributed by atoms with Crippen molar-refractivity contribution in [3.8, 4) is 11.1 Å². The second-order valence-corrected chi connectivity index (χ2v) is 5.69. The molecule has 0 radical (unpaired) electrons. The van der Waals surface area contributed by atoms with Crippen molar-refractivity contribution in [2.75, 3.05) is 6.54 Å². The van der Waals surface area contributed by atoms with E-state index in [-0.39, 0.29) is 0 Å². The lowest BCUT2D eigenvalue weighted by molar-refractivity contribution is 0.744. The van der Waals surface area contributed by atoms with Crippen molar-refractivity contribution in [1.29, 1.82) is 0 Å². The molecular formula is C19H25N. The first-order valence-corrected chi connectivity index (χ1v) is 7.60. The molecule has 1 nitrogen and oxygen atoms in total. The summed E-state index contributed by atoms with van der Waals surface area (Å²) in [6, 6.07) is 17.6. The van der Waals surface area contributed by atoms with Gasteiger partial charge in [0.25, 0.3) is 0 Å². The van der Waals surface area contributed by atoms with E-state index in [1.54, 1.807) is 0 Å². The van der Waals surface area contributed by atoms with Crippen molar-refractivity contribution in [3.63, 3.8) is 0 Å². The predicted octanol–water partition coefficient (Wildman–Crippen LogP) is 4.76. The molecule has 0 atom stereocenters. The van der Waals surface area contributed by atoms with E-state index in [1.165, 1.54) is 28.7 Å². The van der Waals surface area contributed by atoms with Gasteiger partial charge in [0.15, 0.2) is 0 Å². The highest BCUT2D eigenvalue weighted by Crippen LogP contribution is 2.30. The molecule has 0 saturated carbocycles. The van der Waals surface area contributed by atoms with Gasteiger partial charge in [0.05, 0.1) is 0 Å². The number of unbranched alkanes of at least 4 members (excludes halogenated alkanes) is 1. The maximum absolute atomic E-state index is 5.58. The van der Waals surface area contributed by atoms with Crippen LogP contribution >= 0.6 is 0 Å². The van der Waals surface area contributed by atoms with Crippen LogP contribution in [0.3, 0.4) is 0 Å². The minimum absolute atomic E-state index is 0.545. The van der Waals surface area contributed by atoms with Gasteiger partial charge >= 0.3 is 0 Å². The summed E-state index contributed by atoms with van der Waals surface area (Å²) >= 11 is 0. The van der Waals surface area contributed by atoms with Crippen molar-refractivity contribution < 1.29 is 0 Å². The van der Waals surface area contributed by atoms with Crippen molar-refractivity contribution in [3.05, 3.63) is 59.7 Å². The van der Waals surface area contributed by atoms with Gasteiger partial charge in [-0.15, -0.1) is 0 Å². The summed E-state index contributed by atoms with van der Waals surface area (Å²) in [5.74, 6) is 0.545. The molecule has 2 aromatic carbocycles. The summed E-state index contributed by atoms with van der Waals surface area (Å²) < 4.78 is 0. The van der Waals surface area contributed by atoms with Gasteiger partial charge < -0.3 is 5.73 Å². The SMILES string of the molecule is CC(C)c1ccc(CCCCN)cc1-c1ccccc1. The van der Waals surface area contributed by atoms with Crippen molar-refractivity contribution in [2.45, 2.75) is 39.0 Å². The molecule has 0 spiro atoms. The Morgan fingerprint density at radius 1 is 0.950 bits per heavy atom. The van der Waals surface area contributed by atoms with E-state index >= 15 is 0 Å². The quantitative estimate of drug-likeness (QED) is 0.750. The Morgan fingerprint density at radius 3 is 2.35 bits per heavy atom. The molecule has 1 heteroatoms. The van der Waals surface area contributed by atoms with Crippen molar-refractivity contribution in [2.24, 2.45) is 5.73 Å². The van der Waals surface area contributed by atoms with E-state index < -0.39 is 0 Å². The lowest BCUT2D eigenvalue weighted by atomic mass is 9.90. The Bertz CT molecular complexity index is 529.